The summed E-state index contributed by atoms with van der Waals surface area (Å²) in [5, 5.41) is 8.43. The molecule has 1 aliphatic rings. The van der Waals surface area contributed by atoms with Gasteiger partial charge >= 0.3 is 0 Å². The van der Waals surface area contributed by atoms with Crippen LogP contribution in [-0.2, 0) is 23.0 Å². The number of benzene rings is 1. The predicted molar refractivity (Wildman–Crippen MR) is 137 cm³/mol. The number of H-pyrrole nitrogens is 1. The summed E-state index contributed by atoms with van der Waals surface area (Å²) in [5.74, 6) is 1.21. The fraction of sp³-hybridized carbons (Fsp3) is 0.500. The third-order valence-electron chi connectivity index (χ3n) is 6.93. The van der Waals surface area contributed by atoms with Gasteiger partial charge in [0.15, 0.2) is 11.5 Å². The van der Waals surface area contributed by atoms with Crippen molar-refractivity contribution in [1.29, 1.82) is 0 Å². The van der Waals surface area contributed by atoms with E-state index in [4.69, 9.17) is 14.2 Å². The number of morpholine rings is 1. The molecule has 3 heterocycles. The number of amides is 1. The number of aromatic nitrogens is 3. The van der Waals surface area contributed by atoms with Gasteiger partial charge in [-0.3, -0.25) is 19.2 Å². The summed E-state index contributed by atoms with van der Waals surface area (Å²) in [6.45, 7) is 7.12. The Kier molecular flexibility index (Phi) is 7.95. The van der Waals surface area contributed by atoms with E-state index < -0.39 is 0 Å². The molecule has 1 aromatic carbocycles. The van der Waals surface area contributed by atoms with Gasteiger partial charge in [-0.1, -0.05) is 6.07 Å². The highest BCUT2D eigenvalue weighted by Crippen LogP contribution is 2.32. The zero-order valence-electron chi connectivity index (χ0n) is 21.6. The third-order valence-corrected chi connectivity index (χ3v) is 6.93. The molecule has 1 saturated heterocycles. The van der Waals surface area contributed by atoms with Crippen LogP contribution in [0.15, 0.2) is 23.0 Å². The molecule has 0 radical (unpaired) electrons. The number of hydrogen-bond acceptors (Lipinski definition) is 7. The van der Waals surface area contributed by atoms with Crippen molar-refractivity contribution in [2.75, 3.05) is 47.1 Å². The number of pyridine rings is 1. The Bertz CT molecular complexity index is 1290. The van der Waals surface area contributed by atoms with E-state index >= 15 is 0 Å². The van der Waals surface area contributed by atoms with Crippen molar-refractivity contribution in [1.82, 2.24) is 25.0 Å². The quantitative estimate of drug-likeness (QED) is 0.465. The molecule has 10 nitrogen and oxygen atoms in total. The third kappa shape index (κ3) is 5.24. The maximum atomic E-state index is 12.9. The van der Waals surface area contributed by atoms with Gasteiger partial charge in [0, 0.05) is 44.1 Å². The van der Waals surface area contributed by atoms with Crippen molar-refractivity contribution in [3.05, 3.63) is 50.9 Å². The molecular weight excluding hydrogens is 462 g/mol. The minimum absolute atomic E-state index is 0.0443. The smallest absolute Gasteiger partial charge is 0.253 e. The molecule has 1 fully saturated rings. The van der Waals surface area contributed by atoms with E-state index in [1.807, 2.05) is 32.0 Å². The number of aromatic amines is 1. The van der Waals surface area contributed by atoms with E-state index in [2.05, 4.69) is 20.3 Å². The van der Waals surface area contributed by atoms with Crippen molar-refractivity contribution >= 4 is 16.9 Å². The number of nitrogens with one attached hydrogen (secondary N) is 2. The Morgan fingerprint density at radius 3 is 2.61 bits per heavy atom. The zero-order valence-corrected chi connectivity index (χ0v) is 21.6. The molecule has 1 unspecified atom stereocenters. The van der Waals surface area contributed by atoms with E-state index in [0.717, 1.165) is 35.3 Å². The predicted octanol–water partition coefficient (Wildman–Crippen LogP) is 2.02. The Labute approximate surface area is 210 Å². The topological polar surface area (TPSA) is 111 Å². The van der Waals surface area contributed by atoms with Crippen molar-refractivity contribution < 1.29 is 19.0 Å². The fourth-order valence-electron chi connectivity index (χ4n) is 5.00. The number of methoxy groups -OCH3 is 2. The van der Waals surface area contributed by atoms with Crippen LogP contribution in [-0.4, -0.2) is 72.6 Å². The monoisotopic (exact) mass is 497 g/mol. The van der Waals surface area contributed by atoms with Crippen molar-refractivity contribution in [2.24, 2.45) is 7.05 Å². The standard InChI is InChI=1S/C26H35N5O5/c1-16-19(26(33)28-25-24(16)17(2)29-30(25)3)7-9-23(32)27-15-20(31-10-12-36-13-11-31)18-6-8-21(34-4)22(14-18)35-5/h6,8,14,20H,7,9-13,15H2,1-5H3,(H,27,32)(H,28,33). The minimum Gasteiger partial charge on any atom is -0.493 e. The largest absolute Gasteiger partial charge is 0.493 e. The molecule has 0 spiro atoms. The van der Waals surface area contributed by atoms with Crippen LogP contribution in [0.1, 0.15) is 34.8 Å². The molecule has 2 aromatic heterocycles. The number of rotatable bonds is 9. The Morgan fingerprint density at radius 1 is 1.19 bits per heavy atom. The maximum Gasteiger partial charge on any atom is 0.253 e. The molecule has 3 aromatic rings. The van der Waals surface area contributed by atoms with Crippen LogP contribution in [0, 0.1) is 13.8 Å². The zero-order chi connectivity index (χ0) is 25.8. The molecule has 4 rings (SSSR count). The van der Waals surface area contributed by atoms with Crippen molar-refractivity contribution in [2.45, 2.75) is 32.7 Å². The summed E-state index contributed by atoms with van der Waals surface area (Å²) >= 11 is 0. The van der Waals surface area contributed by atoms with Crippen molar-refractivity contribution in [3.63, 3.8) is 0 Å². The van der Waals surface area contributed by atoms with Crippen molar-refractivity contribution in [3.8, 4) is 11.5 Å². The SMILES string of the molecule is COc1ccc(C(CNC(=O)CCc2c(C)c3c(C)nn(C)c3[nH]c2=O)N2CCOCC2)cc1OC. The molecule has 194 valence electrons. The van der Waals surface area contributed by atoms with Gasteiger partial charge in [-0.05, 0) is 43.5 Å². The van der Waals surface area contributed by atoms with Gasteiger partial charge in [0.2, 0.25) is 5.91 Å². The lowest BCUT2D eigenvalue weighted by molar-refractivity contribution is -0.121. The molecule has 0 bridgehead atoms. The Balaban J connectivity index is 1.47. The summed E-state index contributed by atoms with van der Waals surface area (Å²) in [4.78, 5) is 30.8. The number of hydrogen-bond donors (Lipinski definition) is 2. The summed E-state index contributed by atoms with van der Waals surface area (Å²) in [7, 11) is 5.03. The second kappa shape index (κ2) is 11.1. The summed E-state index contributed by atoms with van der Waals surface area (Å²) in [6.07, 6.45) is 0.576. The van der Waals surface area contributed by atoms with Crippen LogP contribution < -0.4 is 20.3 Å². The van der Waals surface area contributed by atoms with Crippen LogP contribution in [0.2, 0.25) is 0 Å². The van der Waals surface area contributed by atoms with Gasteiger partial charge in [-0.15, -0.1) is 0 Å². The summed E-state index contributed by atoms with van der Waals surface area (Å²) < 4.78 is 18.1. The van der Waals surface area contributed by atoms with Crippen LogP contribution in [0.5, 0.6) is 11.5 Å². The van der Waals surface area contributed by atoms with E-state index in [1.165, 1.54) is 0 Å². The maximum absolute atomic E-state index is 12.9. The van der Waals surface area contributed by atoms with Gasteiger partial charge in [0.1, 0.15) is 5.65 Å². The van der Waals surface area contributed by atoms with Crippen LogP contribution in [0.3, 0.4) is 0 Å². The van der Waals surface area contributed by atoms with Gasteiger partial charge in [0.25, 0.3) is 5.56 Å². The highest BCUT2D eigenvalue weighted by atomic mass is 16.5. The van der Waals surface area contributed by atoms with Gasteiger partial charge < -0.3 is 24.5 Å². The first-order chi connectivity index (χ1) is 17.3. The first kappa shape index (κ1) is 25.7. The molecular formula is C26H35N5O5. The Morgan fingerprint density at radius 2 is 1.92 bits per heavy atom. The molecule has 1 atom stereocenters. The van der Waals surface area contributed by atoms with Crippen LogP contribution >= 0.6 is 0 Å². The molecule has 0 saturated carbocycles. The van der Waals surface area contributed by atoms with E-state index in [1.54, 1.807) is 25.9 Å². The Hall–Kier alpha value is -3.37. The summed E-state index contributed by atoms with van der Waals surface area (Å²) in [5.41, 5.74) is 3.91. The van der Waals surface area contributed by atoms with E-state index in [0.29, 0.717) is 48.9 Å². The number of carbonyl (C=O) groups is 1. The lowest BCUT2D eigenvalue weighted by Gasteiger charge is -2.35. The van der Waals surface area contributed by atoms with Gasteiger partial charge in [0.05, 0.1) is 39.2 Å². The highest BCUT2D eigenvalue weighted by Gasteiger charge is 2.25. The van der Waals surface area contributed by atoms with Crippen LogP contribution in [0.25, 0.3) is 11.0 Å². The number of aryl methyl sites for hydroxylation is 3. The number of nitrogens with zero attached hydrogens (tertiary/aromatic N) is 3. The lowest BCUT2D eigenvalue weighted by Crippen LogP contribution is -2.43. The number of carbonyl (C=O) groups excluding carboxylic acids is 1. The van der Waals surface area contributed by atoms with E-state index in [9.17, 15) is 9.59 Å². The highest BCUT2D eigenvalue weighted by molar-refractivity contribution is 5.83. The van der Waals surface area contributed by atoms with Gasteiger partial charge in [-0.25, -0.2) is 0 Å². The summed E-state index contributed by atoms with van der Waals surface area (Å²) in [6, 6.07) is 5.80. The first-order valence-electron chi connectivity index (χ1n) is 12.2. The average Bonchev–Trinajstić information content (AvgIpc) is 3.17. The number of fused-ring (bicyclic) bond motifs is 1. The molecule has 36 heavy (non-hydrogen) atoms. The second-order valence-electron chi connectivity index (χ2n) is 9.07. The average molecular weight is 498 g/mol. The second-order valence-corrected chi connectivity index (χ2v) is 9.07. The normalized spacial score (nSPS) is 15.1. The van der Waals surface area contributed by atoms with Gasteiger partial charge in [-0.2, -0.15) is 5.10 Å². The number of ether oxygens (including phenoxy) is 3. The molecule has 2 N–H and O–H groups in total. The van der Waals surface area contributed by atoms with Crippen LogP contribution in [0.4, 0.5) is 0 Å². The first-order valence-corrected chi connectivity index (χ1v) is 12.2. The molecule has 1 aliphatic heterocycles. The molecule has 1 amide bonds. The fourth-order valence-corrected chi connectivity index (χ4v) is 5.00. The minimum atomic E-state index is -0.174. The molecule has 0 aliphatic carbocycles. The lowest BCUT2D eigenvalue weighted by atomic mass is 10.0. The molecule has 10 heteroatoms. The van der Waals surface area contributed by atoms with E-state index in [-0.39, 0.29) is 23.9 Å².